The average Bonchev–Trinajstić information content (AvgIpc) is 2.59. The Bertz CT molecular complexity index is 846. The van der Waals surface area contributed by atoms with Crippen molar-refractivity contribution in [3.8, 4) is 5.75 Å². The van der Waals surface area contributed by atoms with Crippen molar-refractivity contribution in [2.75, 3.05) is 7.11 Å². The first-order valence-electron chi connectivity index (χ1n) is 8.30. The van der Waals surface area contributed by atoms with E-state index in [0.717, 1.165) is 5.56 Å². The van der Waals surface area contributed by atoms with E-state index in [2.05, 4.69) is 10.0 Å². The molecule has 0 fully saturated rings. The first-order chi connectivity index (χ1) is 12.3. The van der Waals surface area contributed by atoms with Crippen molar-refractivity contribution in [2.24, 2.45) is 0 Å². The molecule has 0 saturated heterocycles. The molecule has 2 N–H and O–H groups in total. The number of carbonyl (C=O) groups excluding carboxylic acids is 1. The first-order valence-corrected chi connectivity index (χ1v) is 9.95. The van der Waals surface area contributed by atoms with Crippen LogP contribution < -0.4 is 14.8 Å². The lowest BCUT2D eigenvalue weighted by molar-refractivity contribution is 0.0951. The fraction of sp³-hybridized carbons (Fsp3) is 0.316. The highest BCUT2D eigenvalue weighted by Gasteiger charge is 2.15. The van der Waals surface area contributed by atoms with E-state index in [4.69, 9.17) is 4.74 Å². The van der Waals surface area contributed by atoms with Gasteiger partial charge in [0.2, 0.25) is 10.0 Å². The van der Waals surface area contributed by atoms with Crippen molar-refractivity contribution >= 4 is 15.9 Å². The fourth-order valence-corrected chi connectivity index (χ4v) is 3.99. The monoisotopic (exact) mass is 376 g/mol. The van der Waals surface area contributed by atoms with Crippen LogP contribution in [0.1, 0.15) is 35.3 Å². The summed E-state index contributed by atoms with van der Waals surface area (Å²) in [6.45, 7) is 3.80. The van der Waals surface area contributed by atoms with Crippen LogP contribution in [0.3, 0.4) is 0 Å². The third kappa shape index (κ3) is 5.86. The summed E-state index contributed by atoms with van der Waals surface area (Å²) in [5.41, 5.74) is 1.94. The smallest absolute Gasteiger partial charge is 0.251 e. The van der Waals surface area contributed by atoms with Gasteiger partial charge in [-0.1, -0.05) is 24.3 Å². The zero-order valence-corrected chi connectivity index (χ0v) is 16.0. The third-order valence-corrected chi connectivity index (χ3v) is 5.19. The quantitative estimate of drug-likeness (QED) is 0.741. The second kappa shape index (κ2) is 8.82. The van der Waals surface area contributed by atoms with Crippen molar-refractivity contribution in [1.29, 1.82) is 0 Å². The van der Waals surface area contributed by atoms with Gasteiger partial charge in [-0.05, 0) is 49.2 Å². The van der Waals surface area contributed by atoms with Crippen molar-refractivity contribution in [2.45, 2.75) is 32.2 Å². The summed E-state index contributed by atoms with van der Waals surface area (Å²) in [7, 11) is -1.87. The number of nitrogens with one attached hydrogen (secondary N) is 2. The molecule has 0 aliphatic carbocycles. The topological polar surface area (TPSA) is 84.5 Å². The Kier molecular flexibility index (Phi) is 6.76. The van der Waals surface area contributed by atoms with E-state index in [0.29, 0.717) is 16.9 Å². The van der Waals surface area contributed by atoms with Crippen LogP contribution in [0, 0.1) is 0 Å². The maximum atomic E-state index is 12.3. The van der Waals surface area contributed by atoms with Gasteiger partial charge in [0.05, 0.1) is 12.9 Å². The highest BCUT2D eigenvalue weighted by molar-refractivity contribution is 7.88. The van der Waals surface area contributed by atoms with Crippen LogP contribution in [0.25, 0.3) is 0 Å². The third-order valence-electron chi connectivity index (χ3n) is 3.67. The van der Waals surface area contributed by atoms with E-state index in [1.807, 2.05) is 12.1 Å². The zero-order valence-electron chi connectivity index (χ0n) is 15.2. The molecule has 1 amide bonds. The molecular formula is C19H24N2O4S. The van der Waals surface area contributed by atoms with Crippen molar-refractivity contribution in [3.05, 3.63) is 65.2 Å². The van der Waals surface area contributed by atoms with Crippen LogP contribution in [-0.4, -0.2) is 27.5 Å². The van der Waals surface area contributed by atoms with Gasteiger partial charge in [0, 0.05) is 18.2 Å². The Morgan fingerprint density at radius 3 is 2.23 bits per heavy atom. The number of benzene rings is 2. The molecule has 0 atom stereocenters. The minimum atomic E-state index is -3.43. The van der Waals surface area contributed by atoms with Gasteiger partial charge in [0.1, 0.15) is 5.75 Å². The van der Waals surface area contributed by atoms with Crippen molar-refractivity contribution in [1.82, 2.24) is 10.0 Å². The summed E-state index contributed by atoms with van der Waals surface area (Å²) >= 11 is 0. The van der Waals surface area contributed by atoms with Crippen molar-refractivity contribution < 1.29 is 17.9 Å². The zero-order chi connectivity index (χ0) is 19.2. The van der Waals surface area contributed by atoms with E-state index < -0.39 is 10.0 Å². The van der Waals surface area contributed by atoms with Crippen LogP contribution in [0.15, 0.2) is 48.5 Å². The molecule has 0 saturated carbocycles. The molecule has 0 bridgehead atoms. The molecule has 6 nitrogen and oxygen atoms in total. The SMILES string of the molecule is COc1ccc(C(=O)NCc2ccccc2CS(=O)(=O)NC(C)C)cc1. The minimum absolute atomic E-state index is 0.125. The highest BCUT2D eigenvalue weighted by atomic mass is 32.2. The van der Waals surface area contributed by atoms with Gasteiger partial charge in [0.25, 0.3) is 5.91 Å². The number of hydrogen-bond acceptors (Lipinski definition) is 4. The number of sulfonamides is 1. The second-order valence-electron chi connectivity index (χ2n) is 6.21. The van der Waals surface area contributed by atoms with Gasteiger partial charge in [-0.25, -0.2) is 13.1 Å². The fourth-order valence-electron chi connectivity index (χ4n) is 2.50. The van der Waals surface area contributed by atoms with E-state index in [1.54, 1.807) is 57.4 Å². The van der Waals surface area contributed by atoms with Crippen LogP contribution in [0.5, 0.6) is 5.75 Å². The van der Waals surface area contributed by atoms with E-state index in [1.165, 1.54) is 0 Å². The molecule has 0 aliphatic heterocycles. The molecule has 26 heavy (non-hydrogen) atoms. The first kappa shape index (κ1) is 19.9. The maximum absolute atomic E-state index is 12.3. The molecule has 0 aromatic heterocycles. The summed E-state index contributed by atoms with van der Waals surface area (Å²) in [5.74, 6) is 0.320. The van der Waals surface area contributed by atoms with Gasteiger partial charge >= 0.3 is 0 Å². The number of hydrogen-bond donors (Lipinski definition) is 2. The predicted octanol–water partition coefficient (Wildman–Crippen LogP) is 2.45. The molecule has 0 aliphatic rings. The molecular weight excluding hydrogens is 352 g/mol. The molecule has 140 valence electrons. The van der Waals surface area contributed by atoms with Gasteiger partial charge < -0.3 is 10.1 Å². The molecule has 0 heterocycles. The van der Waals surface area contributed by atoms with Gasteiger partial charge in [-0.2, -0.15) is 0 Å². The van der Waals surface area contributed by atoms with Crippen LogP contribution in [0.4, 0.5) is 0 Å². The lowest BCUT2D eigenvalue weighted by Crippen LogP contribution is -2.31. The molecule has 0 spiro atoms. The lowest BCUT2D eigenvalue weighted by Gasteiger charge is -2.13. The number of amides is 1. The number of ether oxygens (including phenoxy) is 1. The largest absolute Gasteiger partial charge is 0.497 e. The van der Waals surface area contributed by atoms with Gasteiger partial charge in [-0.15, -0.1) is 0 Å². The normalized spacial score (nSPS) is 11.4. The standard InChI is InChI=1S/C19H24N2O4S/c1-14(2)21-26(23,24)13-17-7-5-4-6-16(17)12-20-19(22)15-8-10-18(25-3)11-9-15/h4-11,14,21H,12-13H2,1-3H3,(H,20,22). The Hall–Kier alpha value is -2.38. The van der Waals surface area contributed by atoms with Gasteiger partial charge in [-0.3, -0.25) is 4.79 Å². The Morgan fingerprint density at radius 1 is 1.04 bits per heavy atom. The molecule has 2 rings (SSSR count). The number of carbonyl (C=O) groups is 1. The van der Waals surface area contributed by atoms with Crippen LogP contribution in [0.2, 0.25) is 0 Å². The Morgan fingerprint density at radius 2 is 1.65 bits per heavy atom. The maximum Gasteiger partial charge on any atom is 0.251 e. The number of methoxy groups -OCH3 is 1. The summed E-state index contributed by atoms with van der Waals surface area (Å²) in [6.07, 6.45) is 0. The number of rotatable bonds is 8. The minimum Gasteiger partial charge on any atom is -0.497 e. The van der Waals surface area contributed by atoms with Crippen LogP contribution in [-0.2, 0) is 22.3 Å². The summed E-state index contributed by atoms with van der Waals surface area (Å²) < 4.78 is 32.0. The summed E-state index contributed by atoms with van der Waals surface area (Å²) in [6, 6.07) is 13.8. The molecule has 0 radical (unpaired) electrons. The molecule has 7 heteroatoms. The van der Waals surface area contributed by atoms with Gasteiger partial charge in [0.15, 0.2) is 0 Å². The van der Waals surface area contributed by atoms with E-state index in [-0.39, 0.29) is 24.2 Å². The van der Waals surface area contributed by atoms with E-state index >= 15 is 0 Å². The summed E-state index contributed by atoms with van der Waals surface area (Å²) in [5, 5.41) is 2.82. The molecule has 0 unspecified atom stereocenters. The lowest BCUT2D eigenvalue weighted by atomic mass is 10.1. The Labute approximate surface area is 154 Å². The summed E-state index contributed by atoms with van der Waals surface area (Å²) in [4.78, 5) is 12.3. The predicted molar refractivity (Wildman–Crippen MR) is 102 cm³/mol. The Balaban J connectivity index is 2.06. The average molecular weight is 376 g/mol. The molecule has 2 aromatic rings. The highest BCUT2D eigenvalue weighted by Crippen LogP contribution is 2.14. The molecule has 2 aromatic carbocycles. The van der Waals surface area contributed by atoms with E-state index in [9.17, 15) is 13.2 Å². The van der Waals surface area contributed by atoms with Crippen LogP contribution >= 0.6 is 0 Å². The van der Waals surface area contributed by atoms with Crippen molar-refractivity contribution in [3.63, 3.8) is 0 Å². The second-order valence-corrected chi connectivity index (χ2v) is 7.97.